The number of nitrogens with one attached hydrogen (secondary N) is 3. The molecule has 0 aliphatic heterocycles. The first-order valence-corrected chi connectivity index (χ1v) is 11.3. The number of rotatable bonds is 9. The molecule has 3 rings (SSSR count). The summed E-state index contributed by atoms with van der Waals surface area (Å²) in [7, 11) is -3.65. The minimum absolute atomic E-state index is 0.0377. The Morgan fingerprint density at radius 2 is 1.93 bits per heavy atom. The zero-order chi connectivity index (χ0) is 21.6. The first-order chi connectivity index (χ1) is 14.4. The number of nitrogens with zero attached hydrogens (tertiary/aromatic N) is 3. The number of sulfonamides is 1. The lowest BCUT2D eigenvalue weighted by Gasteiger charge is -2.14. The zero-order valence-electron chi connectivity index (χ0n) is 16.1. The van der Waals surface area contributed by atoms with Gasteiger partial charge >= 0.3 is 0 Å². The number of hydrogen-bond acceptors (Lipinski definition) is 8. The van der Waals surface area contributed by atoms with Crippen molar-refractivity contribution in [2.75, 3.05) is 17.2 Å². The number of anilines is 3. The summed E-state index contributed by atoms with van der Waals surface area (Å²) >= 11 is 3.36. The van der Waals surface area contributed by atoms with Crippen molar-refractivity contribution in [2.45, 2.75) is 24.4 Å². The van der Waals surface area contributed by atoms with Crippen LogP contribution in [0.4, 0.5) is 17.5 Å². The second-order valence-corrected chi connectivity index (χ2v) is 9.07. The molecule has 2 aromatic heterocycles. The molecule has 0 aliphatic carbocycles. The third kappa shape index (κ3) is 5.95. The maximum atomic E-state index is 12.5. The van der Waals surface area contributed by atoms with Crippen LogP contribution in [0.1, 0.15) is 12.5 Å². The van der Waals surface area contributed by atoms with Gasteiger partial charge < -0.3 is 15.7 Å². The third-order valence-corrected chi connectivity index (χ3v) is 6.01. The maximum Gasteiger partial charge on any atom is 0.240 e. The molecule has 0 amide bonds. The van der Waals surface area contributed by atoms with Crippen molar-refractivity contribution < 1.29 is 13.5 Å². The van der Waals surface area contributed by atoms with Crippen molar-refractivity contribution >= 4 is 43.4 Å². The molecule has 11 heteroatoms. The van der Waals surface area contributed by atoms with Crippen LogP contribution < -0.4 is 15.4 Å². The number of aromatic nitrogens is 3. The fraction of sp³-hybridized carbons (Fsp3) is 0.211. The summed E-state index contributed by atoms with van der Waals surface area (Å²) in [4.78, 5) is 12.7. The molecule has 1 aromatic carbocycles. The van der Waals surface area contributed by atoms with Gasteiger partial charge in [0.05, 0.1) is 16.0 Å². The molecular weight excluding hydrogens is 472 g/mol. The van der Waals surface area contributed by atoms with Crippen molar-refractivity contribution in [2.24, 2.45) is 0 Å². The average molecular weight is 493 g/mol. The van der Waals surface area contributed by atoms with Crippen LogP contribution in [-0.4, -0.2) is 41.1 Å². The van der Waals surface area contributed by atoms with Crippen LogP contribution >= 0.6 is 15.9 Å². The maximum absolute atomic E-state index is 12.5. The molecule has 0 bridgehead atoms. The van der Waals surface area contributed by atoms with Gasteiger partial charge in [0.1, 0.15) is 5.82 Å². The van der Waals surface area contributed by atoms with Crippen molar-refractivity contribution in [1.82, 2.24) is 19.7 Å². The highest BCUT2D eigenvalue weighted by Crippen LogP contribution is 2.23. The highest BCUT2D eigenvalue weighted by molar-refractivity contribution is 9.10. The normalized spacial score (nSPS) is 12.4. The fourth-order valence-electron chi connectivity index (χ4n) is 2.42. The van der Waals surface area contributed by atoms with Gasteiger partial charge in [-0.3, -0.25) is 4.98 Å². The van der Waals surface area contributed by atoms with E-state index in [1.807, 2.05) is 6.92 Å². The second kappa shape index (κ2) is 9.94. The van der Waals surface area contributed by atoms with Crippen LogP contribution in [-0.2, 0) is 16.6 Å². The van der Waals surface area contributed by atoms with E-state index in [0.29, 0.717) is 21.9 Å². The SMILES string of the molecule is C[C@H](CO)Nc1nc(Nc2ccc(S(=O)(=O)NCc3cccnc3)cc2)ncc1Br. The Hall–Kier alpha value is -2.60. The van der Waals surface area contributed by atoms with Crippen molar-refractivity contribution in [3.8, 4) is 0 Å². The Morgan fingerprint density at radius 1 is 1.17 bits per heavy atom. The van der Waals surface area contributed by atoms with Gasteiger partial charge in [0.25, 0.3) is 0 Å². The highest BCUT2D eigenvalue weighted by Gasteiger charge is 2.14. The molecule has 9 nitrogen and oxygen atoms in total. The minimum atomic E-state index is -3.65. The number of benzene rings is 1. The largest absolute Gasteiger partial charge is 0.394 e. The van der Waals surface area contributed by atoms with Crippen LogP contribution in [0.15, 0.2) is 64.4 Å². The summed E-state index contributed by atoms with van der Waals surface area (Å²) < 4.78 is 28.2. The monoisotopic (exact) mass is 492 g/mol. The number of aliphatic hydroxyl groups is 1. The van der Waals surface area contributed by atoms with E-state index in [2.05, 4.69) is 46.2 Å². The van der Waals surface area contributed by atoms with E-state index in [4.69, 9.17) is 0 Å². The van der Waals surface area contributed by atoms with Gasteiger partial charge in [-0.1, -0.05) is 6.07 Å². The summed E-state index contributed by atoms with van der Waals surface area (Å²) in [5.41, 5.74) is 1.40. The van der Waals surface area contributed by atoms with Gasteiger partial charge in [-0.05, 0) is 58.7 Å². The predicted molar refractivity (Wildman–Crippen MR) is 118 cm³/mol. The molecule has 3 aromatic rings. The van der Waals surface area contributed by atoms with E-state index in [0.717, 1.165) is 5.56 Å². The number of hydrogen-bond donors (Lipinski definition) is 4. The second-order valence-electron chi connectivity index (χ2n) is 6.45. The first kappa shape index (κ1) is 22.1. The van der Waals surface area contributed by atoms with E-state index in [1.165, 1.54) is 12.1 Å². The van der Waals surface area contributed by atoms with E-state index in [1.54, 1.807) is 42.9 Å². The van der Waals surface area contributed by atoms with E-state index in [9.17, 15) is 13.5 Å². The summed E-state index contributed by atoms with van der Waals surface area (Å²) in [6.07, 6.45) is 4.83. The first-order valence-electron chi connectivity index (χ1n) is 9.03. The molecule has 4 N–H and O–H groups in total. The van der Waals surface area contributed by atoms with Crippen molar-refractivity contribution in [3.63, 3.8) is 0 Å². The quantitative estimate of drug-likeness (QED) is 0.358. The van der Waals surface area contributed by atoms with Crippen LogP contribution in [0.5, 0.6) is 0 Å². The smallest absolute Gasteiger partial charge is 0.240 e. The lowest BCUT2D eigenvalue weighted by atomic mass is 10.3. The Kier molecular flexibility index (Phi) is 7.32. The molecule has 0 spiro atoms. The lowest BCUT2D eigenvalue weighted by Crippen LogP contribution is -2.23. The molecular formula is C19H21BrN6O3S. The summed E-state index contributed by atoms with van der Waals surface area (Å²) in [6.45, 7) is 1.94. The summed E-state index contributed by atoms with van der Waals surface area (Å²) in [5.74, 6) is 0.865. The highest BCUT2D eigenvalue weighted by atomic mass is 79.9. The molecule has 158 valence electrons. The lowest BCUT2D eigenvalue weighted by molar-refractivity contribution is 0.281. The molecule has 0 unspecified atom stereocenters. The number of halogens is 1. The van der Waals surface area contributed by atoms with Crippen LogP contribution in [0.25, 0.3) is 0 Å². The Balaban J connectivity index is 1.67. The van der Waals surface area contributed by atoms with E-state index >= 15 is 0 Å². The van der Waals surface area contributed by atoms with Crippen LogP contribution in [0.3, 0.4) is 0 Å². The van der Waals surface area contributed by atoms with Gasteiger partial charge in [-0.2, -0.15) is 4.98 Å². The number of pyridine rings is 1. The topological polar surface area (TPSA) is 129 Å². The molecule has 2 heterocycles. The molecule has 0 aliphatic rings. The Bertz CT molecular complexity index is 1080. The average Bonchev–Trinajstić information content (AvgIpc) is 2.76. The molecule has 0 saturated carbocycles. The van der Waals surface area contributed by atoms with E-state index < -0.39 is 10.0 Å². The summed E-state index contributed by atoms with van der Waals surface area (Å²) in [5, 5.41) is 15.3. The third-order valence-electron chi connectivity index (χ3n) is 4.01. The van der Waals surface area contributed by atoms with Crippen molar-refractivity contribution in [1.29, 1.82) is 0 Å². The summed E-state index contributed by atoms with van der Waals surface area (Å²) in [6, 6.07) is 9.64. The van der Waals surface area contributed by atoms with Gasteiger partial charge in [-0.15, -0.1) is 0 Å². The Labute approximate surface area is 183 Å². The van der Waals surface area contributed by atoms with Gasteiger partial charge in [-0.25, -0.2) is 18.1 Å². The van der Waals surface area contributed by atoms with Gasteiger partial charge in [0, 0.05) is 36.9 Å². The Morgan fingerprint density at radius 3 is 2.60 bits per heavy atom. The van der Waals surface area contributed by atoms with E-state index in [-0.39, 0.29) is 24.1 Å². The minimum Gasteiger partial charge on any atom is -0.394 e. The standard InChI is InChI=1S/C19H21BrN6O3S/c1-13(12-27)24-18-17(20)11-22-19(26-18)25-15-4-6-16(7-5-15)30(28,29)23-10-14-3-2-8-21-9-14/h2-9,11,13,23,27H,10,12H2,1H3,(H2,22,24,25,26)/t13-/m1/s1. The van der Waals surface area contributed by atoms with Crippen LogP contribution in [0.2, 0.25) is 0 Å². The molecule has 0 fully saturated rings. The van der Waals surface area contributed by atoms with Crippen molar-refractivity contribution in [3.05, 3.63) is 65.0 Å². The van der Waals surface area contributed by atoms with Gasteiger partial charge in [0.2, 0.25) is 16.0 Å². The predicted octanol–water partition coefficient (Wildman–Crippen LogP) is 2.65. The molecule has 0 radical (unpaired) electrons. The number of aliphatic hydroxyl groups excluding tert-OH is 1. The molecule has 0 saturated heterocycles. The molecule has 30 heavy (non-hydrogen) atoms. The zero-order valence-corrected chi connectivity index (χ0v) is 18.5. The molecule has 1 atom stereocenters. The fourth-order valence-corrected chi connectivity index (χ4v) is 3.74. The van der Waals surface area contributed by atoms with Gasteiger partial charge in [0.15, 0.2) is 0 Å². The van der Waals surface area contributed by atoms with Crippen LogP contribution in [0, 0.1) is 0 Å².